The van der Waals surface area contributed by atoms with Crippen LogP contribution in [0.3, 0.4) is 0 Å². The summed E-state index contributed by atoms with van der Waals surface area (Å²) >= 11 is 0. The molecule has 0 aliphatic heterocycles. The van der Waals surface area contributed by atoms with Crippen molar-refractivity contribution in [3.63, 3.8) is 0 Å². The van der Waals surface area contributed by atoms with E-state index in [1.807, 2.05) is 30.3 Å². The van der Waals surface area contributed by atoms with Crippen molar-refractivity contribution in [2.24, 2.45) is 16.5 Å². The molecule has 0 heterocycles. The number of ether oxygens (including phenoxy) is 1. The Morgan fingerprint density at radius 1 is 1.06 bits per heavy atom. The highest BCUT2D eigenvalue weighted by Crippen LogP contribution is 2.23. The normalized spacial score (nSPS) is 11.1. The molecule has 0 aliphatic rings. The van der Waals surface area contributed by atoms with Crippen LogP contribution in [0.5, 0.6) is 11.5 Å². The molecule has 0 spiro atoms. The van der Waals surface area contributed by atoms with Gasteiger partial charge in [0.15, 0.2) is 5.96 Å². The van der Waals surface area contributed by atoms with Crippen molar-refractivity contribution in [3.8, 4) is 11.5 Å². The fourth-order valence-electron chi connectivity index (χ4n) is 2.80. The Hall–Kier alpha value is -4.48. The highest BCUT2D eigenvalue weighted by atomic mass is 16.5. The fourth-order valence-corrected chi connectivity index (χ4v) is 2.80. The summed E-state index contributed by atoms with van der Waals surface area (Å²) in [5.41, 5.74) is 11.4. The first-order valence-electron chi connectivity index (χ1n) is 10.4. The fraction of sp³-hybridized carbons (Fsp3) is 0.273. The van der Waals surface area contributed by atoms with Crippen LogP contribution in [0, 0.1) is 0 Å². The monoisotopic (exact) mass is 472 g/mol. The van der Waals surface area contributed by atoms with Crippen LogP contribution in [-0.4, -0.2) is 66.4 Å². The second-order valence-corrected chi connectivity index (χ2v) is 7.07. The number of hydrogen-bond donors (Lipinski definition) is 7. The van der Waals surface area contributed by atoms with Gasteiger partial charge in [0.1, 0.15) is 24.1 Å². The lowest BCUT2D eigenvalue weighted by atomic mass is 10.1. The zero-order chi connectivity index (χ0) is 24.9. The highest BCUT2D eigenvalue weighted by molar-refractivity contribution is 5.97. The highest BCUT2D eigenvalue weighted by Gasteiger charge is 2.22. The van der Waals surface area contributed by atoms with Crippen molar-refractivity contribution in [2.45, 2.75) is 12.5 Å². The maximum Gasteiger partial charge on any atom is 0.328 e. The zero-order valence-electron chi connectivity index (χ0n) is 18.4. The topological polar surface area (TPSA) is 201 Å². The zero-order valence-corrected chi connectivity index (χ0v) is 18.4. The lowest BCUT2D eigenvalue weighted by Crippen LogP contribution is -2.51. The number of carbonyl (C=O) groups is 3. The van der Waals surface area contributed by atoms with Crippen molar-refractivity contribution in [3.05, 3.63) is 59.7 Å². The average Bonchev–Trinajstić information content (AvgIpc) is 2.79. The molecular weight excluding hydrogens is 444 g/mol. The molecule has 0 saturated carbocycles. The van der Waals surface area contributed by atoms with Gasteiger partial charge >= 0.3 is 12.0 Å². The number of nitrogens with one attached hydrogen (secondary N) is 3. The number of carboxylic acid groups (broad SMARTS) is 1. The van der Waals surface area contributed by atoms with Gasteiger partial charge in [0, 0.05) is 19.2 Å². The molecule has 12 nitrogen and oxygen atoms in total. The SMILES string of the molecule is NC(N)=NCCOc1ccc(C(=O)NC[C@H](NC(=O)NCCc2ccccc2)C(=O)O)c(O)c1. The predicted octanol–water partition coefficient (Wildman–Crippen LogP) is -0.231. The van der Waals surface area contributed by atoms with Crippen LogP contribution < -0.4 is 32.2 Å². The molecule has 2 rings (SSSR count). The van der Waals surface area contributed by atoms with E-state index in [-0.39, 0.29) is 36.2 Å². The van der Waals surface area contributed by atoms with E-state index >= 15 is 0 Å². The molecule has 3 amide bonds. The van der Waals surface area contributed by atoms with Crippen molar-refractivity contribution >= 4 is 23.9 Å². The number of carbonyl (C=O) groups excluding carboxylic acids is 2. The number of benzene rings is 2. The van der Waals surface area contributed by atoms with E-state index < -0.39 is 30.5 Å². The van der Waals surface area contributed by atoms with Gasteiger partial charge in [-0.25, -0.2) is 9.59 Å². The van der Waals surface area contributed by atoms with Crippen LogP contribution in [0.1, 0.15) is 15.9 Å². The number of nitrogens with two attached hydrogens (primary N) is 2. The van der Waals surface area contributed by atoms with Gasteiger partial charge in [-0.3, -0.25) is 9.79 Å². The second kappa shape index (κ2) is 13.2. The van der Waals surface area contributed by atoms with Crippen LogP contribution in [0.25, 0.3) is 0 Å². The summed E-state index contributed by atoms with van der Waals surface area (Å²) in [6, 6.07) is 11.4. The van der Waals surface area contributed by atoms with Gasteiger partial charge in [0.25, 0.3) is 5.91 Å². The van der Waals surface area contributed by atoms with E-state index in [2.05, 4.69) is 20.9 Å². The van der Waals surface area contributed by atoms with Gasteiger partial charge in [-0.1, -0.05) is 30.3 Å². The summed E-state index contributed by atoms with van der Waals surface area (Å²) in [7, 11) is 0. The number of nitrogens with zero attached hydrogens (tertiary/aromatic N) is 1. The average molecular weight is 473 g/mol. The first-order chi connectivity index (χ1) is 16.3. The maximum absolute atomic E-state index is 12.4. The maximum atomic E-state index is 12.4. The molecule has 0 unspecified atom stereocenters. The lowest BCUT2D eigenvalue weighted by molar-refractivity contribution is -0.139. The lowest BCUT2D eigenvalue weighted by Gasteiger charge is -2.16. The summed E-state index contributed by atoms with van der Waals surface area (Å²) in [4.78, 5) is 39.6. The summed E-state index contributed by atoms with van der Waals surface area (Å²) in [5.74, 6) is -2.20. The molecule has 0 aromatic heterocycles. The molecule has 2 aromatic carbocycles. The minimum Gasteiger partial charge on any atom is -0.507 e. The van der Waals surface area contributed by atoms with Crippen molar-refractivity contribution in [2.75, 3.05) is 26.2 Å². The Morgan fingerprint density at radius 2 is 1.79 bits per heavy atom. The second-order valence-electron chi connectivity index (χ2n) is 7.07. The standard InChI is InChI=1S/C22H28N6O6/c23-21(24)25-10-11-34-15-6-7-16(18(29)12-15)19(30)27-13-17(20(31)32)28-22(33)26-9-8-14-4-2-1-3-5-14/h1-7,12,17,29H,8-11,13H2,(H,27,30)(H,31,32)(H4,23,24,25)(H2,26,28,33)/t17-/m0/s1. The number of hydrogen-bond acceptors (Lipinski definition) is 6. The van der Waals surface area contributed by atoms with Crippen LogP contribution in [0.15, 0.2) is 53.5 Å². The quantitative estimate of drug-likeness (QED) is 0.125. The van der Waals surface area contributed by atoms with Gasteiger partial charge in [0.2, 0.25) is 0 Å². The summed E-state index contributed by atoms with van der Waals surface area (Å²) in [6.07, 6.45) is 0.579. The number of phenols is 1. The first-order valence-corrected chi connectivity index (χ1v) is 10.4. The van der Waals surface area contributed by atoms with E-state index in [1.165, 1.54) is 18.2 Å². The molecule has 2 aromatic rings. The predicted molar refractivity (Wildman–Crippen MR) is 125 cm³/mol. The number of rotatable bonds is 12. The molecule has 1 atom stereocenters. The van der Waals surface area contributed by atoms with Crippen LogP contribution in [-0.2, 0) is 11.2 Å². The molecule has 0 saturated heterocycles. The van der Waals surface area contributed by atoms with E-state index in [4.69, 9.17) is 16.2 Å². The van der Waals surface area contributed by atoms with Crippen molar-refractivity contribution in [1.29, 1.82) is 0 Å². The summed E-state index contributed by atoms with van der Waals surface area (Å²) in [5, 5.41) is 26.7. The number of urea groups is 1. The number of guanidine groups is 1. The molecule has 0 radical (unpaired) electrons. The van der Waals surface area contributed by atoms with Crippen LogP contribution in [0.2, 0.25) is 0 Å². The van der Waals surface area contributed by atoms with E-state index in [1.54, 1.807) is 0 Å². The number of amides is 3. The Balaban J connectivity index is 1.82. The smallest absolute Gasteiger partial charge is 0.328 e. The van der Waals surface area contributed by atoms with Gasteiger partial charge < -0.3 is 42.4 Å². The molecule has 182 valence electrons. The van der Waals surface area contributed by atoms with Crippen LogP contribution in [0.4, 0.5) is 4.79 Å². The molecule has 0 aliphatic carbocycles. The molecule has 9 N–H and O–H groups in total. The van der Waals surface area contributed by atoms with Gasteiger partial charge in [-0.05, 0) is 24.1 Å². The third-order valence-corrected chi connectivity index (χ3v) is 4.48. The van der Waals surface area contributed by atoms with E-state index in [0.29, 0.717) is 13.0 Å². The molecule has 34 heavy (non-hydrogen) atoms. The summed E-state index contributed by atoms with van der Waals surface area (Å²) in [6.45, 7) is 0.288. The van der Waals surface area contributed by atoms with Gasteiger partial charge in [0.05, 0.1) is 12.1 Å². The third kappa shape index (κ3) is 8.94. The Morgan fingerprint density at radius 3 is 2.44 bits per heavy atom. The summed E-state index contributed by atoms with van der Waals surface area (Å²) < 4.78 is 5.36. The molecule has 0 fully saturated rings. The first kappa shape index (κ1) is 25.8. The third-order valence-electron chi connectivity index (χ3n) is 4.48. The number of aliphatic carboxylic acids is 1. The minimum atomic E-state index is -1.37. The minimum absolute atomic E-state index is 0.0720. The molecule has 0 bridgehead atoms. The van der Waals surface area contributed by atoms with Gasteiger partial charge in [-0.15, -0.1) is 0 Å². The van der Waals surface area contributed by atoms with Crippen molar-refractivity contribution in [1.82, 2.24) is 16.0 Å². The molecule has 12 heteroatoms. The Labute approximate surface area is 196 Å². The number of carboxylic acids is 1. The van der Waals surface area contributed by atoms with Crippen molar-refractivity contribution < 1.29 is 29.3 Å². The van der Waals surface area contributed by atoms with E-state index in [0.717, 1.165) is 5.56 Å². The van der Waals surface area contributed by atoms with Gasteiger partial charge in [-0.2, -0.15) is 0 Å². The van der Waals surface area contributed by atoms with E-state index in [9.17, 15) is 24.6 Å². The number of aliphatic imine (C=N–C) groups is 1. The largest absolute Gasteiger partial charge is 0.507 e. The van der Waals surface area contributed by atoms with Crippen LogP contribution >= 0.6 is 0 Å². The Kier molecular flexibility index (Phi) is 9.97. The number of aromatic hydroxyl groups is 1. The Bertz CT molecular complexity index is 1010. The number of phenolic OH excluding ortho intramolecular Hbond substituents is 1. The molecular formula is C22H28N6O6.